The fourth-order valence-electron chi connectivity index (χ4n) is 0.422. The molecule has 0 spiro atoms. The van der Waals surface area contributed by atoms with E-state index in [1.807, 2.05) is 13.0 Å². The first-order valence-corrected chi connectivity index (χ1v) is 2.75. The van der Waals surface area contributed by atoms with Crippen LogP contribution in [-0.2, 0) is 0 Å². The maximum absolute atomic E-state index is 7.18. The Morgan fingerprint density at radius 3 is 2.44 bits per heavy atom. The summed E-state index contributed by atoms with van der Waals surface area (Å²) in [6, 6.07) is 0. The molecule has 48 valence electrons. The zero-order valence-electron chi connectivity index (χ0n) is 5.65. The zero-order chi connectivity index (χ0) is 7.28. The Kier molecular flexibility index (Phi) is 3.37. The van der Waals surface area contributed by atoms with Crippen LogP contribution in [0.1, 0.15) is 6.92 Å². The standard InChI is InChI=1S/C8H11N/c1-4-6-7(3)8(9)5-2/h4-6,9H,2-3H2,1H3/b6-4-,9-8?. The predicted molar refractivity (Wildman–Crippen MR) is 41.9 cm³/mol. The van der Waals surface area contributed by atoms with Crippen LogP contribution >= 0.6 is 0 Å². The second-order valence-electron chi connectivity index (χ2n) is 1.64. The Hall–Kier alpha value is -1.11. The molecule has 1 heteroatoms. The van der Waals surface area contributed by atoms with Crippen molar-refractivity contribution in [2.45, 2.75) is 6.92 Å². The number of hydrogen-bond acceptors (Lipinski definition) is 1. The summed E-state index contributed by atoms with van der Waals surface area (Å²) in [6.45, 7) is 8.97. The minimum Gasteiger partial charge on any atom is -0.300 e. The molecular weight excluding hydrogens is 110 g/mol. The topological polar surface area (TPSA) is 23.9 Å². The molecule has 0 aromatic rings. The van der Waals surface area contributed by atoms with E-state index >= 15 is 0 Å². The van der Waals surface area contributed by atoms with Gasteiger partial charge < -0.3 is 5.41 Å². The lowest BCUT2D eigenvalue weighted by Gasteiger charge is -1.92. The molecule has 0 aromatic carbocycles. The molecule has 0 amide bonds. The molecular formula is C8H11N. The van der Waals surface area contributed by atoms with Crippen LogP contribution < -0.4 is 0 Å². The van der Waals surface area contributed by atoms with Crippen molar-refractivity contribution in [3.63, 3.8) is 0 Å². The highest BCUT2D eigenvalue weighted by Crippen LogP contribution is 1.94. The summed E-state index contributed by atoms with van der Waals surface area (Å²) in [6.07, 6.45) is 5.10. The third-order valence-corrected chi connectivity index (χ3v) is 0.918. The largest absolute Gasteiger partial charge is 0.300 e. The van der Waals surface area contributed by atoms with Gasteiger partial charge in [-0.15, -0.1) is 0 Å². The van der Waals surface area contributed by atoms with Crippen LogP contribution in [0.2, 0.25) is 0 Å². The van der Waals surface area contributed by atoms with Crippen LogP contribution in [0.3, 0.4) is 0 Å². The van der Waals surface area contributed by atoms with Crippen LogP contribution in [-0.4, -0.2) is 5.71 Å². The maximum Gasteiger partial charge on any atom is 0.0600 e. The monoisotopic (exact) mass is 121 g/mol. The average Bonchev–Trinajstić information content (AvgIpc) is 1.87. The molecule has 0 radical (unpaired) electrons. The third kappa shape index (κ3) is 2.65. The molecule has 0 aliphatic heterocycles. The van der Waals surface area contributed by atoms with Gasteiger partial charge in [-0.1, -0.05) is 25.3 Å². The van der Waals surface area contributed by atoms with E-state index in [0.717, 1.165) is 0 Å². The quantitative estimate of drug-likeness (QED) is 0.437. The van der Waals surface area contributed by atoms with E-state index in [0.29, 0.717) is 11.3 Å². The minimum atomic E-state index is 0.383. The lowest BCUT2D eigenvalue weighted by atomic mass is 10.2. The highest BCUT2D eigenvalue weighted by Gasteiger charge is 1.88. The van der Waals surface area contributed by atoms with Crippen molar-refractivity contribution in [2.75, 3.05) is 0 Å². The molecule has 0 atom stereocenters. The van der Waals surface area contributed by atoms with Crippen molar-refractivity contribution in [3.05, 3.63) is 37.0 Å². The van der Waals surface area contributed by atoms with E-state index < -0.39 is 0 Å². The van der Waals surface area contributed by atoms with Gasteiger partial charge in [0.25, 0.3) is 0 Å². The zero-order valence-corrected chi connectivity index (χ0v) is 5.65. The molecule has 0 rings (SSSR count). The predicted octanol–water partition coefficient (Wildman–Crippen LogP) is 2.32. The van der Waals surface area contributed by atoms with E-state index in [2.05, 4.69) is 13.2 Å². The first-order chi connectivity index (χ1) is 4.22. The molecule has 0 saturated carbocycles. The molecule has 0 aliphatic rings. The second-order valence-corrected chi connectivity index (χ2v) is 1.64. The van der Waals surface area contributed by atoms with E-state index in [1.54, 1.807) is 6.08 Å². The fraction of sp³-hybridized carbons (Fsp3) is 0.125. The van der Waals surface area contributed by atoms with Crippen molar-refractivity contribution >= 4 is 5.71 Å². The number of allylic oxidation sites excluding steroid dienone is 4. The summed E-state index contributed by atoms with van der Waals surface area (Å²) in [5.74, 6) is 0. The Morgan fingerprint density at radius 2 is 2.11 bits per heavy atom. The lowest BCUT2D eigenvalue weighted by molar-refractivity contribution is 1.51. The van der Waals surface area contributed by atoms with Crippen molar-refractivity contribution in [2.24, 2.45) is 0 Å². The lowest BCUT2D eigenvalue weighted by Crippen LogP contribution is -1.90. The summed E-state index contributed by atoms with van der Waals surface area (Å²) >= 11 is 0. The fourth-order valence-corrected chi connectivity index (χ4v) is 0.422. The Labute approximate surface area is 55.9 Å². The number of nitrogens with one attached hydrogen (secondary N) is 1. The van der Waals surface area contributed by atoms with Crippen molar-refractivity contribution < 1.29 is 0 Å². The highest BCUT2D eigenvalue weighted by molar-refractivity contribution is 6.07. The summed E-state index contributed by atoms with van der Waals surface area (Å²) in [7, 11) is 0. The van der Waals surface area contributed by atoms with Crippen LogP contribution in [0.15, 0.2) is 37.0 Å². The molecule has 1 nitrogen and oxygen atoms in total. The second kappa shape index (κ2) is 3.84. The van der Waals surface area contributed by atoms with Crippen molar-refractivity contribution in [1.82, 2.24) is 0 Å². The summed E-state index contributed by atoms with van der Waals surface area (Å²) in [5.41, 5.74) is 1.08. The normalized spacial score (nSPS) is 9.44. The smallest absolute Gasteiger partial charge is 0.0600 e. The SMILES string of the molecule is C=CC(=N)C(=C)/C=C\C. The third-order valence-electron chi connectivity index (χ3n) is 0.918. The average molecular weight is 121 g/mol. The van der Waals surface area contributed by atoms with Gasteiger partial charge in [0, 0.05) is 0 Å². The molecule has 0 saturated heterocycles. The van der Waals surface area contributed by atoms with Gasteiger partial charge >= 0.3 is 0 Å². The molecule has 0 aromatic heterocycles. The van der Waals surface area contributed by atoms with Gasteiger partial charge in [0.15, 0.2) is 0 Å². The van der Waals surface area contributed by atoms with Crippen molar-refractivity contribution in [3.8, 4) is 0 Å². The molecule has 9 heavy (non-hydrogen) atoms. The Morgan fingerprint density at radius 1 is 1.56 bits per heavy atom. The molecule has 0 aliphatic carbocycles. The molecule has 0 bridgehead atoms. The van der Waals surface area contributed by atoms with Gasteiger partial charge in [-0.05, 0) is 18.6 Å². The molecule has 1 N–H and O–H groups in total. The van der Waals surface area contributed by atoms with Gasteiger partial charge in [-0.3, -0.25) is 0 Å². The Balaban J connectivity index is 4.04. The number of rotatable bonds is 3. The summed E-state index contributed by atoms with van der Waals surface area (Å²) < 4.78 is 0. The summed E-state index contributed by atoms with van der Waals surface area (Å²) in [5, 5.41) is 7.18. The van der Waals surface area contributed by atoms with Crippen molar-refractivity contribution in [1.29, 1.82) is 5.41 Å². The first-order valence-electron chi connectivity index (χ1n) is 2.75. The number of hydrogen-bond donors (Lipinski definition) is 1. The van der Waals surface area contributed by atoms with Gasteiger partial charge in [0.1, 0.15) is 0 Å². The first kappa shape index (κ1) is 7.89. The van der Waals surface area contributed by atoms with Gasteiger partial charge in [-0.25, -0.2) is 0 Å². The Bertz CT molecular complexity index is 163. The molecule has 0 unspecified atom stereocenters. The van der Waals surface area contributed by atoms with E-state index in [9.17, 15) is 0 Å². The van der Waals surface area contributed by atoms with Crippen LogP contribution in [0.25, 0.3) is 0 Å². The minimum absolute atomic E-state index is 0.383. The van der Waals surface area contributed by atoms with E-state index in [-0.39, 0.29) is 0 Å². The highest BCUT2D eigenvalue weighted by atomic mass is 14.4. The van der Waals surface area contributed by atoms with Crippen LogP contribution in [0.5, 0.6) is 0 Å². The summed E-state index contributed by atoms with van der Waals surface area (Å²) in [4.78, 5) is 0. The maximum atomic E-state index is 7.18. The molecule has 0 fully saturated rings. The van der Waals surface area contributed by atoms with Gasteiger partial charge in [0.2, 0.25) is 0 Å². The van der Waals surface area contributed by atoms with Gasteiger partial charge in [0.05, 0.1) is 5.71 Å². The van der Waals surface area contributed by atoms with E-state index in [1.165, 1.54) is 6.08 Å². The van der Waals surface area contributed by atoms with Crippen LogP contribution in [0, 0.1) is 5.41 Å². The van der Waals surface area contributed by atoms with Crippen LogP contribution in [0.4, 0.5) is 0 Å². The molecule has 0 heterocycles. The van der Waals surface area contributed by atoms with Gasteiger partial charge in [-0.2, -0.15) is 0 Å². The van der Waals surface area contributed by atoms with E-state index in [4.69, 9.17) is 5.41 Å².